The minimum absolute atomic E-state index is 0.00516. The lowest BCUT2D eigenvalue weighted by Crippen LogP contribution is -2.71. The van der Waals surface area contributed by atoms with E-state index in [0.29, 0.717) is 5.57 Å². The van der Waals surface area contributed by atoms with Crippen LogP contribution in [0, 0.1) is 0 Å². The fourth-order valence-corrected chi connectivity index (χ4v) is 6.66. The lowest BCUT2D eigenvalue weighted by Gasteiger charge is -2.50. The monoisotopic (exact) mass is 619 g/mol. The van der Waals surface area contributed by atoms with Gasteiger partial charge in [-0.05, 0) is 13.0 Å². The van der Waals surface area contributed by atoms with Gasteiger partial charge in [-0.1, -0.05) is 28.1 Å². The van der Waals surface area contributed by atoms with E-state index in [1.807, 2.05) is 46.9 Å². The number of aliphatic carboxylic acids is 2. The molecule has 0 radical (unpaired) electrons. The van der Waals surface area contributed by atoms with Crippen LogP contribution < -0.4 is 20.7 Å². The lowest BCUT2D eigenvalue weighted by molar-refractivity contribution is -0.687. The number of carbonyl (C=O) groups is 4. The summed E-state index contributed by atoms with van der Waals surface area (Å²) < 4.78 is 3.76. The molecule has 17 heteroatoms. The number of oxime groups is 1. The number of nitrogens with one attached hydrogen (secondary N) is 1. The predicted octanol–water partition coefficient (Wildman–Crippen LogP) is -0.544. The molecule has 14 nitrogen and oxygen atoms in total. The van der Waals surface area contributed by atoms with E-state index in [0.717, 1.165) is 27.1 Å². The molecule has 2 aliphatic heterocycles. The van der Waals surface area contributed by atoms with Crippen LogP contribution in [-0.4, -0.2) is 72.3 Å². The highest BCUT2D eigenvalue weighted by Crippen LogP contribution is 2.40. The summed E-state index contributed by atoms with van der Waals surface area (Å²) in [6.07, 6.45) is 4.22. The van der Waals surface area contributed by atoms with E-state index < -0.39 is 47.0 Å². The van der Waals surface area contributed by atoms with Crippen LogP contribution in [0.1, 0.15) is 12.6 Å². The third-order valence-corrected chi connectivity index (χ3v) is 8.90. The van der Waals surface area contributed by atoms with Crippen molar-refractivity contribution in [3.05, 3.63) is 52.0 Å². The van der Waals surface area contributed by atoms with Gasteiger partial charge in [-0.25, -0.2) is 9.78 Å². The predicted molar refractivity (Wildman–Crippen MR) is 146 cm³/mol. The summed E-state index contributed by atoms with van der Waals surface area (Å²) in [7, 11) is 1.90. The Morgan fingerprint density at radius 3 is 2.83 bits per heavy atom. The number of thiazole rings is 1. The van der Waals surface area contributed by atoms with E-state index in [2.05, 4.69) is 15.5 Å². The molecule has 2 aliphatic rings. The number of amides is 2. The zero-order valence-electron chi connectivity index (χ0n) is 21.4. The quantitative estimate of drug-likeness (QED) is 0.121. The van der Waals surface area contributed by atoms with E-state index in [9.17, 15) is 24.3 Å². The Morgan fingerprint density at radius 2 is 2.17 bits per heavy atom. The second kappa shape index (κ2) is 11.0. The molecule has 5 rings (SSSR count). The van der Waals surface area contributed by atoms with Crippen LogP contribution >= 0.6 is 34.7 Å². The number of thioether (sulfide) groups is 1. The average Bonchev–Trinajstić information content (AvgIpc) is 3.46. The number of carbonyl (C=O) groups excluding carboxylic acids is 3. The highest BCUT2D eigenvalue weighted by molar-refractivity contribution is 8.00. The van der Waals surface area contributed by atoms with Gasteiger partial charge in [0.2, 0.25) is 6.10 Å². The molecule has 0 aliphatic carbocycles. The molecule has 214 valence electrons. The largest absolute Gasteiger partial charge is 0.543 e. The maximum atomic E-state index is 13.2. The second-order valence-corrected chi connectivity index (χ2v) is 11.9. The standard InChI is InChI=1S/C24H22ClN7O7S2/c1-10(22(35)36)39-29-15(14-18(25)41-24(26)28-14)19(33)27-16-20(34)32-17(23(37)38)12(9-40-21(16)32)7-31-6-4-11-3-5-30(2)13(11)8-31/h3-6,8,10,16,21H,7,9H2,1-2H3,(H4-,26,27,28,33,35,36,37,38)/b29-15-/t10-,16+,21?/m0/s1. The maximum Gasteiger partial charge on any atom is 0.347 e. The normalized spacial score (nSPS) is 19.5. The number of aromatic nitrogens is 3. The number of hydrogen-bond donors (Lipinski definition) is 3. The third kappa shape index (κ3) is 5.32. The van der Waals surface area contributed by atoms with Crippen molar-refractivity contribution in [2.75, 3.05) is 11.5 Å². The minimum Gasteiger partial charge on any atom is -0.543 e. The molecule has 0 bridgehead atoms. The first-order valence-electron chi connectivity index (χ1n) is 12.0. The number of β-lactam (4-membered cyclic amide) rings is 1. The first kappa shape index (κ1) is 28.4. The van der Waals surface area contributed by atoms with Gasteiger partial charge in [-0.3, -0.25) is 14.5 Å². The fraction of sp³-hybridized carbons (Fsp3) is 0.292. The van der Waals surface area contributed by atoms with E-state index in [1.54, 1.807) is 0 Å². The van der Waals surface area contributed by atoms with Crippen LogP contribution in [0.5, 0.6) is 0 Å². The van der Waals surface area contributed by atoms with Crippen molar-refractivity contribution in [2.45, 2.75) is 31.0 Å². The molecule has 0 aromatic carbocycles. The fourth-order valence-electron chi connectivity index (χ4n) is 4.40. The van der Waals surface area contributed by atoms with Gasteiger partial charge in [0.1, 0.15) is 27.0 Å². The number of rotatable bonds is 9. The Bertz CT molecular complexity index is 1670. The molecular formula is C24H22ClN7O7S2. The van der Waals surface area contributed by atoms with Crippen molar-refractivity contribution in [1.82, 2.24) is 19.8 Å². The van der Waals surface area contributed by atoms with E-state index in [1.165, 1.54) is 18.7 Å². The van der Waals surface area contributed by atoms with E-state index >= 15 is 0 Å². The van der Waals surface area contributed by atoms with Gasteiger partial charge >= 0.3 is 5.97 Å². The number of hydrogen-bond acceptors (Lipinski definition) is 11. The zero-order valence-corrected chi connectivity index (χ0v) is 23.8. The number of carboxylic acids is 2. The van der Waals surface area contributed by atoms with Gasteiger partial charge in [0.25, 0.3) is 11.8 Å². The van der Waals surface area contributed by atoms with Gasteiger partial charge in [-0.15, -0.1) is 11.8 Å². The number of aryl methyl sites for hydroxylation is 1. The summed E-state index contributed by atoms with van der Waals surface area (Å²) >= 11 is 8.27. The maximum absolute atomic E-state index is 13.2. The number of pyridine rings is 1. The first-order valence-corrected chi connectivity index (χ1v) is 14.2. The van der Waals surface area contributed by atoms with Crippen LogP contribution in [0.25, 0.3) is 10.9 Å². The van der Waals surface area contributed by atoms with Crippen molar-refractivity contribution < 1.29 is 38.8 Å². The molecule has 0 saturated carbocycles. The molecule has 0 spiro atoms. The van der Waals surface area contributed by atoms with Crippen LogP contribution in [0.4, 0.5) is 5.13 Å². The number of carboxylic acid groups (broad SMARTS) is 2. The topological polar surface area (TPSA) is 196 Å². The van der Waals surface area contributed by atoms with Crippen molar-refractivity contribution in [2.24, 2.45) is 12.2 Å². The molecule has 4 N–H and O–H groups in total. The minimum atomic E-state index is -1.51. The molecule has 3 aromatic rings. The smallest absolute Gasteiger partial charge is 0.347 e. The number of halogens is 1. The number of nitrogens with two attached hydrogens (primary N) is 1. The van der Waals surface area contributed by atoms with Crippen molar-refractivity contribution >= 4 is 80.2 Å². The van der Waals surface area contributed by atoms with Gasteiger partial charge < -0.3 is 35.5 Å². The summed E-state index contributed by atoms with van der Waals surface area (Å²) in [5.41, 5.74) is 6.21. The number of nitrogen functional groups attached to an aromatic ring is 1. The summed E-state index contributed by atoms with van der Waals surface area (Å²) in [5, 5.41) is 27.7. The summed E-state index contributed by atoms with van der Waals surface area (Å²) in [5.74, 6) is -4.19. The second-order valence-electron chi connectivity index (χ2n) is 9.19. The Hall–Kier alpha value is -4.15. The molecule has 1 saturated heterocycles. The van der Waals surface area contributed by atoms with Crippen LogP contribution in [0.3, 0.4) is 0 Å². The van der Waals surface area contributed by atoms with Gasteiger partial charge in [0, 0.05) is 36.0 Å². The Kier molecular flexibility index (Phi) is 7.63. The zero-order chi connectivity index (χ0) is 29.6. The third-order valence-electron chi connectivity index (χ3n) is 6.48. The van der Waals surface area contributed by atoms with Gasteiger partial charge in [0.05, 0.1) is 11.7 Å². The Labute approximate surface area is 245 Å². The van der Waals surface area contributed by atoms with Crippen LogP contribution in [-0.2, 0) is 37.6 Å². The first-order chi connectivity index (χ1) is 19.5. The summed E-state index contributed by atoms with van der Waals surface area (Å²) in [6.45, 7) is 1.41. The van der Waals surface area contributed by atoms with Gasteiger partial charge in [-0.2, -0.15) is 4.57 Å². The molecule has 5 heterocycles. The summed E-state index contributed by atoms with van der Waals surface area (Å²) in [4.78, 5) is 59.7. The van der Waals surface area contributed by atoms with E-state index in [-0.39, 0.29) is 33.2 Å². The van der Waals surface area contributed by atoms with Crippen LogP contribution in [0.15, 0.2) is 47.1 Å². The lowest BCUT2D eigenvalue weighted by atomic mass is 10.0. The van der Waals surface area contributed by atoms with Gasteiger partial charge in [0.15, 0.2) is 29.8 Å². The molecule has 1 fully saturated rings. The van der Waals surface area contributed by atoms with Crippen LogP contribution in [0.2, 0.25) is 4.34 Å². The molecule has 1 unspecified atom stereocenters. The number of anilines is 1. The Morgan fingerprint density at radius 1 is 1.41 bits per heavy atom. The van der Waals surface area contributed by atoms with Crippen molar-refractivity contribution in [3.63, 3.8) is 0 Å². The molecular weight excluding hydrogens is 598 g/mol. The molecule has 3 atom stereocenters. The van der Waals surface area contributed by atoms with Crippen molar-refractivity contribution in [3.8, 4) is 0 Å². The number of fused-ring (bicyclic) bond motifs is 2. The number of nitrogens with zero attached hydrogens (tertiary/aromatic N) is 5. The molecule has 3 aromatic heterocycles. The Balaban J connectivity index is 1.37. The molecule has 2 amide bonds. The average molecular weight is 620 g/mol. The highest BCUT2D eigenvalue weighted by Gasteiger charge is 2.53. The van der Waals surface area contributed by atoms with E-state index in [4.69, 9.17) is 27.3 Å². The molecule has 41 heavy (non-hydrogen) atoms. The highest BCUT2D eigenvalue weighted by atomic mass is 35.5. The summed E-state index contributed by atoms with van der Waals surface area (Å²) in [6, 6.07) is 2.76. The van der Waals surface area contributed by atoms with Crippen molar-refractivity contribution in [1.29, 1.82) is 0 Å². The SMILES string of the molecule is C[C@H](O/N=C(\C(=O)N[C@@H]1C(=O)N2C(C(=O)[O-])=C(C[n+]3ccc4ccn(C)c4c3)CSC12)c1nc(N)sc1Cl)C(=O)O.